The van der Waals surface area contributed by atoms with E-state index in [1.807, 2.05) is 0 Å². The van der Waals surface area contributed by atoms with E-state index in [-0.39, 0.29) is 5.75 Å². The summed E-state index contributed by atoms with van der Waals surface area (Å²) in [6, 6.07) is 5.13. The number of hydrogen-bond acceptors (Lipinski definition) is 3. The number of nitrogens with zero attached hydrogens (tertiary/aromatic N) is 2. The van der Waals surface area contributed by atoms with Crippen LogP contribution in [0.25, 0.3) is 10.9 Å². The van der Waals surface area contributed by atoms with Crippen molar-refractivity contribution < 1.29 is 8.42 Å². The van der Waals surface area contributed by atoms with Gasteiger partial charge in [-0.15, -0.1) is 0 Å². The molecule has 0 atom stereocenters. The van der Waals surface area contributed by atoms with Crippen LogP contribution in [-0.2, 0) is 21.9 Å². The molecule has 0 aliphatic heterocycles. The highest BCUT2D eigenvalue weighted by Crippen LogP contribution is 2.24. The number of aromatic nitrogens is 2. The third-order valence-electron chi connectivity index (χ3n) is 2.21. The van der Waals surface area contributed by atoms with Crippen molar-refractivity contribution in [3.63, 3.8) is 0 Å². The number of rotatable bonds is 2. The van der Waals surface area contributed by atoms with Gasteiger partial charge in [-0.2, -0.15) is 5.10 Å². The molecular weight excluding hydrogens is 271 g/mol. The minimum atomic E-state index is -3.54. The van der Waals surface area contributed by atoms with Gasteiger partial charge in [0.25, 0.3) is 0 Å². The standard InChI is InChI=1S/C9H8Cl2N2O2S/c1-13-8-4-6(5-16(11,14)15)2-3-7(8)9(10)12-13/h2-4H,5H2,1H3. The maximum Gasteiger partial charge on any atom is 0.236 e. The first-order chi connectivity index (χ1) is 7.37. The quantitative estimate of drug-likeness (QED) is 0.792. The Kier molecular flexibility index (Phi) is 2.86. The van der Waals surface area contributed by atoms with Crippen LogP contribution in [0.15, 0.2) is 18.2 Å². The second kappa shape index (κ2) is 3.91. The summed E-state index contributed by atoms with van der Waals surface area (Å²) in [5.41, 5.74) is 1.39. The van der Waals surface area contributed by atoms with E-state index in [1.54, 1.807) is 29.9 Å². The Balaban J connectivity index is 2.56. The molecule has 1 aromatic carbocycles. The lowest BCUT2D eigenvalue weighted by molar-refractivity contribution is 0.609. The molecule has 0 fully saturated rings. The summed E-state index contributed by atoms with van der Waals surface area (Å²) in [6.07, 6.45) is 0. The fourth-order valence-corrected chi connectivity index (χ4v) is 2.78. The average Bonchev–Trinajstić information content (AvgIpc) is 2.40. The van der Waals surface area contributed by atoms with Gasteiger partial charge in [-0.1, -0.05) is 17.7 Å². The van der Waals surface area contributed by atoms with Gasteiger partial charge in [0.1, 0.15) is 0 Å². The van der Waals surface area contributed by atoms with Crippen LogP contribution in [0.4, 0.5) is 0 Å². The van der Waals surface area contributed by atoms with Crippen LogP contribution in [0.3, 0.4) is 0 Å². The van der Waals surface area contributed by atoms with E-state index in [9.17, 15) is 8.42 Å². The lowest BCUT2D eigenvalue weighted by atomic mass is 10.2. The van der Waals surface area contributed by atoms with Gasteiger partial charge >= 0.3 is 0 Å². The topological polar surface area (TPSA) is 52.0 Å². The lowest BCUT2D eigenvalue weighted by Crippen LogP contribution is -1.96. The van der Waals surface area contributed by atoms with E-state index in [2.05, 4.69) is 5.10 Å². The van der Waals surface area contributed by atoms with Crippen LogP contribution in [0.5, 0.6) is 0 Å². The lowest BCUT2D eigenvalue weighted by Gasteiger charge is -1.99. The van der Waals surface area contributed by atoms with Gasteiger partial charge in [0.15, 0.2) is 5.15 Å². The van der Waals surface area contributed by atoms with Crippen LogP contribution in [0.2, 0.25) is 5.15 Å². The molecule has 86 valence electrons. The zero-order valence-electron chi connectivity index (χ0n) is 8.31. The number of hydrogen-bond donors (Lipinski definition) is 0. The second-order valence-corrected chi connectivity index (χ2v) is 6.58. The zero-order valence-corrected chi connectivity index (χ0v) is 10.6. The highest BCUT2D eigenvalue weighted by molar-refractivity contribution is 8.13. The Labute approximate surface area is 102 Å². The highest BCUT2D eigenvalue weighted by Gasteiger charge is 2.11. The smallest absolute Gasteiger partial charge is 0.236 e. The molecule has 16 heavy (non-hydrogen) atoms. The van der Waals surface area contributed by atoms with E-state index in [0.717, 1.165) is 10.9 Å². The van der Waals surface area contributed by atoms with Gasteiger partial charge in [0, 0.05) is 23.1 Å². The molecule has 1 aromatic heterocycles. The van der Waals surface area contributed by atoms with Crippen molar-refractivity contribution in [1.82, 2.24) is 9.78 Å². The maximum absolute atomic E-state index is 10.9. The van der Waals surface area contributed by atoms with Crippen molar-refractivity contribution in [2.45, 2.75) is 5.75 Å². The molecule has 7 heteroatoms. The molecule has 0 saturated carbocycles. The number of halogens is 2. The monoisotopic (exact) mass is 278 g/mol. The Morgan fingerprint density at radius 2 is 2.12 bits per heavy atom. The van der Waals surface area contributed by atoms with Crippen LogP contribution in [0, 0.1) is 0 Å². The molecule has 0 saturated heterocycles. The first kappa shape index (κ1) is 11.7. The van der Waals surface area contributed by atoms with Crippen molar-refractivity contribution in [3.05, 3.63) is 28.9 Å². The molecule has 0 aliphatic rings. The molecule has 0 aliphatic carbocycles. The summed E-state index contributed by atoms with van der Waals surface area (Å²) in [6.45, 7) is 0. The molecule has 0 unspecified atom stereocenters. The summed E-state index contributed by atoms with van der Waals surface area (Å²) in [7, 11) is 3.39. The van der Waals surface area contributed by atoms with Gasteiger partial charge < -0.3 is 0 Å². The summed E-state index contributed by atoms with van der Waals surface area (Å²) in [4.78, 5) is 0. The number of aryl methyl sites for hydroxylation is 1. The summed E-state index contributed by atoms with van der Waals surface area (Å²) < 4.78 is 23.5. The molecule has 4 nitrogen and oxygen atoms in total. The summed E-state index contributed by atoms with van der Waals surface area (Å²) >= 11 is 5.89. The van der Waals surface area contributed by atoms with Gasteiger partial charge in [0.2, 0.25) is 9.05 Å². The molecule has 0 amide bonds. The van der Waals surface area contributed by atoms with E-state index in [0.29, 0.717) is 10.7 Å². The van der Waals surface area contributed by atoms with E-state index in [4.69, 9.17) is 22.3 Å². The first-order valence-corrected chi connectivity index (χ1v) is 7.26. The fourth-order valence-electron chi connectivity index (χ4n) is 1.55. The fraction of sp³-hybridized carbons (Fsp3) is 0.222. The Morgan fingerprint density at radius 1 is 1.44 bits per heavy atom. The Hall–Kier alpha value is -0.780. The summed E-state index contributed by atoms with van der Waals surface area (Å²) in [5, 5.41) is 5.22. The largest absolute Gasteiger partial charge is 0.266 e. The maximum atomic E-state index is 10.9. The predicted molar refractivity (Wildman–Crippen MR) is 64.2 cm³/mol. The van der Waals surface area contributed by atoms with E-state index in [1.165, 1.54) is 0 Å². The average molecular weight is 279 g/mol. The van der Waals surface area contributed by atoms with Crippen LogP contribution in [0.1, 0.15) is 5.56 Å². The van der Waals surface area contributed by atoms with Gasteiger partial charge in [-0.25, -0.2) is 8.42 Å². The molecule has 0 spiro atoms. The SMILES string of the molecule is Cn1nc(Cl)c2ccc(CS(=O)(=O)Cl)cc21. The van der Waals surface area contributed by atoms with Crippen molar-refractivity contribution in [2.75, 3.05) is 0 Å². The van der Waals surface area contributed by atoms with Gasteiger partial charge in [-0.3, -0.25) is 4.68 Å². The minimum Gasteiger partial charge on any atom is -0.266 e. The Morgan fingerprint density at radius 3 is 2.75 bits per heavy atom. The van der Waals surface area contributed by atoms with Crippen LogP contribution < -0.4 is 0 Å². The number of benzene rings is 1. The van der Waals surface area contributed by atoms with Crippen LogP contribution in [-0.4, -0.2) is 18.2 Å². The van der Waals surface area contributed by atoms with Crippen molar-refractivity contribution >= 4 is 42.2 Å². The third-order valence-corrected chi connectivity index (χ3v) is 3.49. The van der Waals surface area contributed by atoms with Gasteiger partial charge in [-0.05, 0) is 17.7 Å². The molecule has 1 heterocycles. The molecule has 2 rings (SSSR count). The molecule has 0 N–H and O–H groups in total. The molecular formula is C9H8Cl2N2O2S. The normalized spacial score (nSPS) is 12.2. The first-order valence-electron chi connectivity index (χ1n) is 4.40. The van der Waals surface area contributed by atoms with Crippen LogP contribution >= 0.6 is 22.3 Å². The Bertz CT molecular complexity index is 649. The van der Waals surface area contributed by atoms with E-state index >= 15 is 0 Å². The highest BCUT2D eigenvalue weighted by atomic mass is 35.7. The predicted octanol–water partition coefficient (Wildman–Crippen LogP) is 2.30. The van der Waals surface area contributed by atoms with Crippen molar-refractivity contribution in [1.29, 1.82) is 0 Å². The van der Waals surface area contributed by atoms with Crippen molar-refractivity contribution in [3.8, 4) is 0 Å². The van der Waals surface area contributed by atoms with Gasteiger partial charge in [0.05, 0.1) is 11.3 Å². The zero-order chi connectivity index (χ0) is 11.9. The summed E-state index contributed by atoms with van der Waals surface area (Å²) in [5.74, 6) is -0.201. The van der Waals surface area contributed by atoms with Crippen molar-refractivity contribution in [2.24, 2.45) is 7.05 Å². The molecule has 0 radical (unpaired) electrons. The molecule has 0 bridgehead atoms. The molecule has 2 aromatic rings. The van der Waals surface area contributed by atoms with E-state index < -0.39 is 9.05 Å². The number of fused-ring (bicyclic) bond motifs is 1. The third kappa shape index (κ3) is 2.31. The minimum absolute atomic E-state index is 0.201. The second-order valence-electron chi connectivity index (χ2n) is 3.45.